The number of carboxylic acids is 1. The highest BCUT2D eigenvalue weighted by Crippen LogP contribution is 2.30. The first kappa shape index (κ1) is 22.9. The van der Waals surface area contributed by atoms with Crippen LogP contribution < -0.4 is 19.9 Å². The Labute approximate surface area is 192 Å². The lowest BCUT2D eigenvalue weighted by Gasteiger charge is -2.12. The van der Waals surface area contributed by atoms with Crippen LogP contribution in [-0.2, 0) is 16.2 Å². The highest BCUT2D eigenvalue weighted by Gasteiger charge is 2.30. The summed E-state index contributed by atoms with van der Waals surface area (Å²) in [4.78, 5) is 22.4. The van der Waals surface area contributed by atoms with E-state index in [1.807, 2.05) is 0 Å². The Kier molecular flexibility index (Phi) is 7.78. The molecular weight excluding hydrogens is 465 g/mol. The molecule has 0 aliphatic carbocycles. The van der Waals surface area contributed by atoms with Gasteiger partial charge in [0.1, 0.15) is 6.61 Å². The minimum atomic E-state index is -1.30. The van der Waals surface area contributed by atoms with Crippen molar-refractivity contribution in [2.75, 3.05) is 7.11 Å². The minimum absolute atomic E-state index is 0.206. The predicted octanol–water partition coefficient (Wildman–Crippen LogP) is 2.64. The smallest absolute Gasteiger partial charge is 0.239 e. The zero-order valence-electron chi connectivity index (χ0n) is 16.1. The molecule has 2 aromatic rings. The number of carboxylic acid groups (broad SMARTS) is 1. The van der Waals surface area contributed by atoms with E-state index in [2.05, 4.69) is 15.5 Å². The third kappa shape index (κ3) is 6.36. The molecule has 0 spiro atoms. The largest absolute Gasteiger partial charge is 0.550 e. The van der Waals surface area contributed by atoms with Gasteiger partial charge in [-0.25, -0.2) is 0 Å². The number of ether oxygens (including phenoxy) is 2. The molecule has 0 saturated carbocycles. The van der Waals surface area contributed by atoms with Crippen LogP contribution >= 0.6 is 35.0 Å². The van der Waals surface area contributed by atoms with Gasteiger partial charge in [0.25, 0.3) is 0 Å². The number of rotatable bonds is 8. The standard InChI is InChI=1S/C20H17Cl2N3O5S/c1-29-15-5-2-11(6-16(15)30-10-12-3-4-13(21)7-14(12)22)9-23-25-20-24-19(28)17(31-20)8-18(26)27/h2-7,9,17H,8,10H2,1H3,(H,26,27)(H,24,25,28)/p-1/b23-9-/t17-/m0/s1. The molecule has 1 aliphatic heterocycles. The van der Waals surface area contributed by atoms with Crippen molar-refractivity contribution in [2.24, 2.45) is 10.2 Å². The van der Waals surface area contributed by atoms with Gasteiger partial charge in [0.15, 0.2) is 16.7 Å². The molecule has 1 heterocycles. The van der Waals surface area contributed by atoms with Crippen LogP contribution in [0.1, 0.15) is 17.5 Å². The molecule has 162 valence electrons. The second-order valence-electron chi connectivity index (χ2n) is 6.26. The topological polar surface area (TPSA) is 112 Å². The van der Waals surface area contributed by atoms with Crippen LogP contribution in [0.5, 0.6) is 11.5 Å². The third-order valence-electron chi connectivity index (χ3n) is 4.07. The number of amidine groups is 1. The lowest BCUT2D eigenvalue weighted by atomic mass is 10.2. The van der Waals surface area contributed by atoms with Gasteiger partial charge in [-0.1, -0.05) is 41.0 Å². The summed E-state index contributed by atoms with van der Waals surface area (Å²) in [6.07, 6.45) is 1.07. The molecule has 0 aromatic heterocycles. The number of hydrogen-bond acceptors (Lipinski definition) is 8. The molecule has 1 N–H and O–H groups in total. The number of carbonyl (C=O) groups excluding carboxylic acids is 2. The van der Waals surface area contributed by atoms with E-state index in [-0.39, 0.29) is 11.8 Å². The van der Waals surface area contributed by atoms with Crippen LogP contribution in [0.3, 0.4) is 0 Å². The van der Waals surface area contributed by atoms with E-state index >= 15 is 0 Å². The zero-order chi connectivity index (χ0) is 22.4. The molecule has 2 aromatic carbocycles. The van der Waals surface area contributed by atoms with Gasteiger partial charge in [0.2, 0.25) is 5.91 Å². The van der Waals surface area contributed by atoms with Crippen molar-refractivity contribution in [1.29, 1.82) is 0 Å². The monoisotopic (exact) mass is 480 g/mol. The number of hydrogen-bond donors (Lipinski definition) is 1. The lowest BCUT2D eigenvalue weighted by molar-refractivity contribution is -0.305. The van der Waals surface area contributed by atoms with Gasteiger partial charge in [0, 0.05) is 28.0 Å². The Morgan fingerprint density at radius 3 is 2.77 bits per heavy atom. The van der Waals surface area contributed by atoms with Crippen LogP contribution in [0, 0.1) is 0 Å². The first-order valence-electron chi connectivity index (χ1n) is 8.89. The maximum atomic E-state index is 11.7. The molecule has 1 saturated heterocycles. The first-order valence-corrected chi connectivity index (χ1v) is 10.5. The summed E-state index contributed by atoms with van der Waals surface area (Å²) in [5.74, 6) is -0.743. The molecule has 1 atom stereocenters. The fourth-order valence-corrected chi connectivity index (χ4v) is 3.94. The Bertz CT molecular complexity index is 1060. The summed E-state index contributed by atoms with van der Waals surface area (Å²) in [7, 11) is 1.53. The van der Waals surface area contributed by atoms with Crippen molar-refractivity contribution in [3.63, 3.8) is 0 Å². The van der Waals surface area contributed by atoms with Crippen molar-refractivity contribution in [1.82, 2.24) is 5.32 Å². The summed E-state index contributed by atoms with van der Waals surface area (Å²) in [5.41, 5.74) is 1.43. The number of methoxy groups -OCH3 is 1. The molecular formula is C20H16Cl2N3O5S-. The molecule has 8 nitrogen and oxygen atoms in total. The van der Waals surface area contributed by atoms with Gasteiger partial charge in [-0.05, 0) is 35.9 Å². The molecule has 0 bridgehead atoms. The zero-order valence-corrected chi connectivity index (χ0v) is 18.5. The number of thioether (sulfide) groups is 1. The number of halogens is 2. The molecule has 0 unspecified atom stereocenters. The molecule has 0 radical (unpaired) electrons. The van der Waals surface area contributed by atoms with Crippen LogP contribution in [0.2, 0.25) is 10.0 Å². The van der Waals surface area contributed by atoms with Crippen LogP contribution in [0.15, 0.2) is 46.6 Å². The number of nitrogens with one attached hydrogen (secondary N) is 1. The summed E-state index contributed by atoms with van der Waals surface area (Å²) >= 11 is 13.1. The number of aliphatic carboxylic acids is 1. The van der Waals surface area contributed by atoms with E-state index in [1.54, 1.807) is 36.4 Å². The summed E-state index contributed by atoms with van der Waals surface area (Å²) in [5, 5.41) is 21.5. The third-order valence-corrected chi connectivity index (χ3v) is 5.73. The number of nitrogens with zero attached hydrogens (tertiary/aromatic N) is 2. The van der Waals surface area contributed by atoms with Gasteiger partial charge in [-0.15, -0.1) is 5.10 Å². The average molecular weight is 481 g/mol. The van der Waals surface area contributed by atoms with Gasteiger partial charge >= 0.3 is 0 Å². The summed E-state index contributed by atoms with van der Waals surface area (Å²) in [6, 6.07) is 10.3. The fourth-order valence-electron chi connectivity index (χ4n) is 2.57. The van der Waals surface area contributed by atoms with Crippen molar-refractivity contribution < 1.29 is 24.2 Å². The summed E-state index contributed by atoms with van der Waals surface area (Å²) in [6.45, 7) is 0.206. The molecule has 3 rings (SSSR count). The van der Waals surface area contributed by atoms with Crippen LogP contribution in [0.25, 0.3) is 0 Å². The Balaban J connectivity index is 1.68. The normalized spacial score (nSPS) is 17.2. The van der Waals surface area contributed by atoms with Crippen LogP contribution in [0.4, 0.5) is 0 Å². The number of benzene rings is 2. The number of carbonyl (C=O) groups is 2. The second kappa shape index (κ2) is 10.5. The lowest BCUT2D eigenvalue weighted by Crippen LogP contribution is -2.31. The fraction of sp³-hybridized carbons (Fsp3) is 0.200. The first-order chi connectivity index (χ1) is 14.9. The van der Waals surface area contributed by atoms with E-state index < -0.39 is 23.5 Å². The average Bonchev–Trinajstić information content (AvgIpc) is 3.06. The van der Waals surface area contributed by atoms with E-state index in [4.69, 9.17) is 32.7 Å². The van der Waals surface area contributed by atoms with Crippen molar-refractivity contribution in [3.8, 4) is 11.5 Å². The SMILES string of the molecule is COc1ccc(/C=N\N=C2\NC(=O)[C@H](CC(=O)[O-])S2)cc1OCc1ccc(Cl)cc1Cl. The predicted molar refractivity (Wildman–Crippen MR) is 118 cm³/mol. The molecule has 1 aliphatic rings. The van der Waals surface area contributed by atoms with Gasteiger partial charge in [-0.2, -0.15) is 5.10 Å². The molecule has 31 heavy (non-hydrogen) atoms. The van der Waals surface area contributed by atoms with Gasteiger partial charge in [-0.3, -0.25) is 4.79 Å². The van der Waals surface area contributed by atoms with Crippen molar-refractivity contribution in [3.05, 3.63) is 57.6 Å². The summed E-state index contributed by atoms with van der Waals surface area (Å²) < 4.78 is 11.2. The van der Waals surface area contributed by atoms with Gasteiger partial charge in [0.05, 0.1) is 18.6 Å². The molecule has 1 amide bonds. The van der Waals surface area contributed by atoms with E-state index in [9.17, 15) is 14.7 Å². The Morgan fingerprint density at radius 1 is 1.26 bits per heavy atom. The van der Waals surface area contributed by atoms with Crippen LogP contribution in [-0.4, -0.2) is 35.6 Å². The molecule has 1 fully saturated rings. The highest BCUT2D eigenvalue weighted by molar-refractivity contribution is 8.15. The van der Waals surface area contributed by atoms with Gasteiger partial charge < -0.3 is 24.7 Å². The molecule has 11 heteroatoms. The maximum absolute atomic E-state index is 11.7. The van der Waals surface area contributed by atoms with E-state index in [0.29, 0.717) is 27.1 Å². The quantitative estimate of drug-likeness (QED) is 0.458. The minimum Gasteiger partial charge on any atom is -0.550 e. The maximum Gasteiger partial charge on any atom is 0.239 e. The highest BCUT2D eigenvalue weighted by atomic mass is 35.5. The van der Waals surface area contributed by atoms with E-state index in [1.165, 1.54) is 13.3 Å². The second-order valence-corrected chi connectivity index (χ2v) is 8.29. The Morgan fingerprint density at radius 2 is 2.06 bits per heavy atom. The number of amides is 1. The van der Waals surface area contributed by atoms with E-state index in [0.717, 1.165) is 17.3 Å². The van der Waals surface area contributed by atoms with Crippen molar-refractivity contribution in [2.45, 2.75) is 18.3 Å². The van der Waals surface area contributed by atoms with Crippen molar-refractivity contribution >= 4 is 58.2 Å². The Hall–Kier alpha value is -2.75.